The van der Waals surface area contributed by atoms with Gasteiger partial charge < -0.3 is 9.73 Å². The van der Waals surface area contributed by atoms with Crippen molar-refractivity contribution in [1.29, 1.82) is 0 Å². The summed E-state index contributed by atoms with van der Waals surface area (Å²) in [4.78, 5) is 26.9. The van der Waals surface area contributed by atoms with Crippen LogP contribution in [-0.4, -0.2) is 17.1 Å². The molecule has 2 aliphatic rings. The lowest BCUT2D eigenvalue weighted by molar-refractivity contribution is -0.122. The van der Waals surface area contributed by atoms with E-state index in [4.69, 9.17) is 4.42 Å². The number of hydrogen-bond donors (Lipinski definition) is 1. The number of rotatable bonds is 1. The molecule has 3 heterocycles. The fourth-order valence-corrected chi connectivity index (χ4v) is 5.90. The van der Waals surface area contributed by atoms with E-state index in [9.17, 15) is 9.59 Å². The molecule has 0 unspecified atom stereocenters. The number of benzene rings is 3. The number of nitrogens with one attached hydrogen (secondary N) is 1. The van der Waals surface area contributed by atoms with E-state index < -0.39 is 4.87 Å². The quantitative estimate of drug-likeness (QED) is 0.496. The van der Waals surface area contributed by atoms with Crippen LogP contribution in [0.3, 0.4) is 0 Å². The molecule has 1 fully saturated rings. The molecule has 1 aromatic heterocycles. The summed E-state index contributed by atoms with van der Waals surface area (Å²) in [5, 5.41) is 4.64. The van der Waals surface area contributed by atoms with Gasteiger partial charge in [0.25, 0.3) is 5.91 Å². The van der Waals surface area contributed by atoms with Gasteiger partial charge in [0.05, 0.1) is 5.25 Å². The predicted octanol–water partition coefficient (Wildman–Crippen LogP) is 4.86. The fraction of sp³-hybridized carbons (Fsp3) is 0.130. The first-order valence-electron chi connectivity index (χ1n) is 9.44. The molecule has 5 nitrogen and oxygen atoms in total. The number of thioether (sulfide) groups is 1. The maximum Gasteiger partial charge on any atom is 0.266 e. The number of furan rings is 1. The Morgan fingerprint density at radius 2 is 1.72 bits per heavy atom. The first-order valence-corrected chi connectivity index (χ1v) is 10.3. The van der Waals surface area contributed by atoms with Crippen LogP contribution in [0.4, 0.5) is 11.4 Å². The molecule has 0 bridgehead atoms. The van der Waals surface area contributed by atoms with E-state index in [1.54, 1.807) is 4.90 Å². The summed E-state index contributed by atoms with van der Waals surface area (Å²) < 4.78 is 6.02. The zero-order valence-electron chi connectivity index (χ0n) is 15.5. The Labute approximate surface area is 170 Å². The summed E-state index contributed by atoms with van der Waals surface area (Å²) in [6.07, 6.45) is 0. The molecular weight excluding hydrogens is 384 g/mol. The number of fused-ring (bicyclic) bond motifs is 5. The minimum Gasteiger partial charge on any atom is -0.456 e. The minimum atomic E-state index is -1.10. The van der Waals surface area contributed by atoms with Crippen LogP contribution >= 0.6 is 11.8 Å². The molecule has 1 saturated heterocycles. The van der Waals surface area contributed by atoms with Gasteiger partial charge in [0, 0.05) is 33.8 Å². The molecule has 0 saturated carbocycles. The van der Waals surface area contributed by atoms with Gasteiger partial charge >= 0.3 is 0 Å². The second kappa shape index (κ2) is 5.64. The molecule has 0 aliphatic carbocycles. The van der Waals surface area contributed by atoms with E-state index in [-0.39, 0.29) is 17.1 Å². The largest absolute Gasteiger partial charge is 0.456 e. The number of hydrogen-bond acceptors (Lipinski definition) is 4. The molecule has 2 aliphatic heterocycles. The number of para-hydroxylation sites is 2. The minimum absolute atomic E-state index is 0.0858. The van der Waals surface area contributed by atoms with Gasteiger partial charge in [0.1, 0.15) is 11.2 Å². The highest BCUT2D eigenvalue weighted by Gasteiger charge is 2.60. The number of carbonyl (C=O) groups is 2. The van der Waals surface area contributed by atoms with Crippen molar-refractivity contribution in [3.8, 4) is 0 Å². The third-order valence-electron chi connectivity index (χ3n) is 5.70. The molecule has 6 rings (SSSR count). The smallest absolute Gasteiger partial charge is 0.266 e. The standard InChI is InChI=1S/C23H16N2O3S/c1-13-21(26)25(23(29-13)17-7-3-4-8-18(17)24-22(23)27)14-10-11-16-15-6-2-5-9-19(15)28-20(16)12-14/h2-13H,1H3,(H,24,27)/t13-,23-/m0/s1. The third-order valence-corrected chi connectivity index (χ3v) is 7.18. The number of anilines is 2. The van der Waals surface area contributed by atoms with Gasteiger partial charge in [-0.3, -0.25) is 14.5 Å². The van der Waals surface area contributed by atoms with Crippen LogP contribution in [0.1, 0.15) is 12.5 Å². The Balaban J connectivity index is 1.59. The Morgan fingerprint density at radius 3 is 2.62 bits per heavy atom. The lowest BCUT2D eigenvalue weighted by Crippen LogP contribution is -2.47. The van der Waals surface area contributed by atoms with Crippen LogP contribution in [0, 0.1) is 0 Å². The first kappa shape index (κ1) is 16.7. The highest BCUT2D eigenvalue weighted by molar-refractivity contribution is 8.03. The van der Waals surface area contributed by atoms with Crippen molar-refractivity contribution in [2.45, 2.75) is 17.0 Å². The van der Waals surface area contributed by atoms with Gasteiger partial charge in [-0.15, -0.1) is 11.8 Å². The lowest BCUT2D eigenvalue weighted by Gasteiger charge is -2.32. The zero-order valence-corrected chi connectivity index (χ0v) is 16.3. The highest BCUT2D eigenvalue weighted by Crippen LogP contribution is 2.56. The molecule has 0 radical (unpaired) electrons. The summed E-state index contributed by atoms with van der Waals surface area (Å²) in [6.45, 7) is 1.85. The van der Waals surface area contributed by atoms with Gasteiger partial charge in [-0.05, 0) is 31.2 Å². The van der Waals surface area contributed by atoms with E-state index in [1.807, 2.05) is 73.7 Å². The second-order valence-corrected chi connectivity index (χ2v) is 8.89. The van der Waals surface area contributed by atoms with E-state index in [0.29, 0.717) is 11.3 Å². The normalized spacial score (nSPS) is 23.3. The average Bonchev–Trinajstić information content (AvgIpc) is 3.32. The summed E-state index contributed by atoms with van der Waals surface area (Å²) in [5.74, 6) is -0.275. The van der Waals surface area contributed by atoms with E-state index in [0.717, 1.165) is 27.6 Å². The van der Waals surface area contributed by atoms with E-state index in [2.05, 4.69) is 5.32 Å². The van der Waals surface area contributed by atoms with Gasteiger partial charge in [-0.25, -0.2) is 0 Å². The molecule has 1 N–H and O–H groups in total. The van der Waals surface area contributed by atoms with Crippen molar-refractivity contribution in [1.82, 2.24) is 0 Å². The molecule has 2 amide bonds. The number of carbonyl (C=O) groups excluding carboxylic acids is 2. The van der Waals surface area contributed by atoms with Crippen LogP contribution < -0.4 is 10.2 Å². The lowest BCUT2D eigenvalue weighted by atomic mass is 10.0. The Hall–Kier alpha value is -3.25. The summed E-state index contributed by atoms with van der Waals surface area (Å²) >= 11 is 1.38. The van der Waals surface area contributed by atoms with Crippen LogP contribution in [0.5, 0.6) is 0 Å². The van der Waals surface area contributed by atoms with Crippen LogP contribution in [0.15, 0.2) is 71.1 Å². The number of nitrogens with zero attached hydrogens (tertiary/aromatic N) is 1. The molecule has 3 aromatic carbocycles. The highest BCUT2D eigenvalue weighted by atomic mass is 32.2. The monoisotopic (exact) mass is 400 g/mol. The Morgan fingerprint density at radius 1 is 0.966 bits per heavy atom. The van der Waals surface area contributed by atoms with Gasteiger partial charge in [-0.2, -0.15) is 0 Å². The Kier molecular flexibility index (Phi) is 3.24. The predicted molar refractivity (Wildman–Crippen MR) is 115 cm³/mol. The number of amides is 2. The van der Waals surface area contributed by atoms with Crippen LogP contribution in [0.2, 0.25) is 0 Å². The van der Waals surface area contributed by atoms with Crippen molar-refractivity contribution in [3.05, 3.63) is 72.3 Å². The van der Waals surface area contributed by atoms with Crippen molar-refractivity contribution >= 4 is 56.9 Å². The zero-order chi connectivity index (χ0) is 19.8. The van der Waals surface area contributed by atoms with Crippen LogP contribution in [0.25, 0.3) is 21.9 Å². The summed E-state index contributed by atoms with van der Waals surface area (Å²) in [5.41, 5.74) is 3.72. The molecular formula is C23H16N2O3S. The van der Waals surface area contributed by atoms with Crippen molar-refractivity contribution in [2.75, 3.05) is 10.2 Å². The topological polar surface area (TPSA) is 62.6 Å². The maximum absolute atomic E-state index is 13.2. The molecule has 142 valence electrons. The van der Waals surface area contributed by atoms with Crippen molar-refractivity contribution in [3.63, 3.8) is 0 Å². The fourth-order valence-electron chi connectivity index (χ4n) is 4.41. The van der Waals surface area contributed by atoms with E-state index >= 15 is 0 Å². The van der Waals surface area contributed by atoms with Crippen LogP contribution in [-0.2, 0) is 14.5 Å². The third kappa shape index (κ3) is 2.07. The molecule has 2 atom stereocenters. The maximum atomic E-state index is 13.2. The average molecular weight is 400 g/mol. The summed E-state index contributed by atoms with van der Waals surface area (Å²) in [6, 6.07) is 21.1. The molecule has 4 aromatic rings. The van der Waals surface area contributed by atoms with Gasteiger partial charge in [0.15, 0.2) is 0 Å². The summed E-state index contributed by atoms with van der Waals surface area (Å²) in [7, 11) is 0. The molecule has 6 heteroatoms. The van der Waals surface area contributed by atoms with E-state index in [1.165, 1.54) is 11.8 Å². The van der Waals surface area contributed by atoms with Crippen molar-refractivity contribution < 1.29 is 14.0 Å². The first-order chi connectivity index (χ1) is 14.1. The molecule has 29 heavy (non-hydrogen) atoms. The second-order valence-electron chi connectivity index (χ2n) is 7.36. The van der Waals surface area contributed by atoms with Gasteiger partial charge in [-0.1, -0.05) is 36.4 Å². The SMILES string of the molecule is C[C@@H]1S[C@@]2(C(=O)Nc3ccccc32)N(c2ccc3c(c2)oc2ccccc23)C1=O. The molecule has 1 spiro atoms. The van der Waals surface area contributed by atoms with Crippen molar-refractivity contribution in [2.24, 2.45) is 0 Å². The Bertz CT molecular complexity index is 1340. The van der Waals surface area contributed by atoms with Gasteiger partial charge in [0.2, 0.25) is 10.8 Å².